The Morgan fingerprint density at radius 2 is 1.67 bits per heavy atom. The molecule has 1 aromatic rings. The van der Waals surface area contributed by atoms with Crippen molar-refractivity contribution in [3.63, 3.8) is 0 Å². The van der Waals surface area contributed by atoms with Crippen LogP contribution < -0.4 is 22.1 Å². The van der Waals surface area contributed by atoms with E-state index in [4.69, 9.17) is 11.5 Å². The maximum atomic E-state index is 13.4. The topological polar surface area (TPSA) is 67.3 Å². The predicted molar refractivity (Wildman–Crippen MR) is 75.8 cm³/mol. The second-order valence-corrected chi connectivity index (χ2v) is 4.77. The van der Waals surface area contributed by atoms with Gasteiger partial charge in [-0.05, 0) is 30.4 Å². The first-order chi connectivity index (χ1) is 8.39. The Morgan fingerprint density at radius 3 is 2.00 bits per heavy atom. The van der Waals surface area contributed by atoms with Crippen LogP contribution in [0.15, 0.2) is 12.1 Å². The highest BCUT2D eigenvalue weighted by molar-refractivity contribution is 5.72. The molecule has 18 heavy (non-hydrogen) atoms. The Bertz CT molecular complexity index is 392. The Labute approximate surface area is 108 Å². The number of hydrazine groups is 1. The minimum absolute atomic E-state index is 0.0759. The fourth-order valence-electron chi connectivity index (χ4n) is 2.21. The summed E-state index contributed by atoms with van der Waals surface area (Å²) >= 11 is 0. The molecule has 0 saturated carbocycles. The van der Waals surface area contributed by atoms with Crippen LogP contribution in [0.5, 0.6) is 0 Å². The van der Waals surface area contributed by atoms with Crippen molar-refractivity contribution in [3.8, 4) is 0 Å². The van der Waals surface area contributed by atoms with Crippen LogP contribution >= 0.6 is 0 Å². The second-order valence-electron chi connectivity index (χ2n) is 4.77. The van der Waals surface area contributed by atoms with E-state index in [1.807, 2.05) is 0 Å². The maximum Gasteiger partial charge on any atom is 0.0916 e. The van der Waals surface area contributed by atoms with Gasteiger partial charge in [-0.25, -0.2) is 5.43 Å². The van der Waals surface area contributed by atoms with Crippen molar-refractivity contribution in [1.82, 2.24) is 5.43 Å². The number of nitrogens with two attached hydrogens (primary N) is 2. The Kier molecular flexibility index (Phi) is 4.40. The quantitative estimate of drug-likeness (QED) is 0.429. The van der Waals surface area contributed by atoms with Gasteiger partial charge < -0.3 is 11.5 Å². The number of nitrogens with zero attached hydrogens (tertiary/aromatic N) is 1. The molecule has 102 valence electrons. The van der Waals surface area contributed by atoms with Crippen molar-refractivity contribution in [1.29, 1.82) is 0 Å². The summed E-state index contributed by atoms with van der Waals surface area (Å²) in [6.45, 7) is 6.33. The molecule has 0 spiro atoms. The summed E-state index contributed by atoms with van der Waals surface area (Å²) in [5.41, 5.74) is 16.7. The van der Waals surface area contributed by atoms with Gasteiger partial charge in [-0.3, -0.25) is 0 Å². The van der Waals surface area contributed by atoms with Crippen molar-refractivity contribution in [2.24, 2.45) is 0 Å². The van der Waals surface area contributed by atoms with Gasteiger partial charge in [0, 0.05) is 24.0 Å². The molecule has 0 heterocycles. The Morgan fingerprint density at radius 1 is 1.22 bits per heavy atom. The summed E-state index contributed by atoms with van der Waals surface area (Å²) in [6.07, 6.45) is 1.87. The highest BCUT2D eigenvalue weighted by Crippen LogP contribution is 2.40. The van der Waals surface area contributed by atoms with Gasteiger partial charge >= 0.3 is 0 Å². The third kappa shape index (κ3) is 2.51. The van der Waals surface area contributed by atoms with Crippen LogP contribution in [0, 0.1) is 0 Å². The van der Waals surface area contributed by atoms with Crippen LogP contribution in [0.25, 0.3) is 0 Å². The molecule has 0 aromatic heterocycles. The second kappa shape index (κ2) is 5.44. The lowest BCUT2D eigenvalue weighted by Crippen LogP contribution is -2.27. The van der Waals surface area contributed by atoms with Crippen molar-refractivity contribution in [2.75, 3.05) is 23.7 Å². The third-order valence-electron chi connectivity index (χ3n) is 3.77. The van der Waals surface area contributed by atoms with E-state index in [9.17, 15) is 4.48 Å². The van der Waals surface area contributed by atoms with E-state index in [1.165, 1.54) is 7.05 Å². The Hall–Kier alpha value is -1.49. The molecule has 0 radical (unpaired) electrons. The fraction of sp³-hybridized carbons (Fsp3) is 0.538. The van der Waals surface area contributed by atoms with Crippen LogP contribution in [0.1, 0.15) is 39.2 Å². The van der Waals surface area contributed by atoms with E-state index in [0.29, 0.717) is 22.3 Å². The molecule has 4 nitrogen and oxygen atoms in total. The summed E-state index contributed by atoms with van der Waals surface area (Å²) in [6, 6.07) is 3.21. The number of nitrogen functional groups attached to an aromatic ring is 2. The van der Waals surface area contributed by atoms with E-state index in [-0.39, 0.29) is 5.41 Å². The van der Waals surface area contributed by atoms with Gasteiger partial charge in [0.25, 0.3) is 0 Å². The van der Waals surface area contributed by atoms with E-state index >= 15 is 0 Å². The number of benzene rings is 1. The lowest BCUT2D eigenvalue weighted by molar-refractivity contribution is 0.387. The van der Waals surface area contributed by atoms with Gasteiger partial charge in [-0.2, -0.15) is 0 Å². The Balaban J connectivity index is 3.32. The molecule has 5 heteroatoms. The normalized spacial score (nSPS) is 11.6. The van der Waals surface area contributed by atoms with Crippen molar-refractivity contribution < 1.29 is 4.48 Å². The van der Waals surface area contributed by atoms with Gasteiger partial charge in [0.2, 0.25) is 0 Å². The van der Waals surface area contributed by atoms with E-state index in [1.54, 1.807) is 12.1 Å². The lowest BCUT2D eigenvalue weighted by Gasteiger charge is -2.31. The van der Waals surface area contributed by atoms with Crippen molar-refractivity contribution in [2.45, 2.75) is 39.0 Å². The molecule has 1 rings (SSSR count). The van der Waals surface area contributed by atoms with Crippen LogP contribution in [0.2, 0.25) is 0 Å². The van der Waals surface area contributed by atoms with Crippen molar-refractivity contribution in [3.05, 3.63) is 17.7 Å². The lowest BCUT2D eigenvalue weighted by atomic mass is 9.76. The van der Waals surface area contributed by atoms with E-state index in [2.05, 4.69) is 26.2 Å². The number of rotatable bonds is 5. The molecule has 5 N–H and O–H groups in total. The molecule has 0 aliphatic rings. The number of nitrogens with one attached hydrogen (secondary N) is 1. The summed E-state index contributed by atoms with van der Waals surface area (Å²) in [7, 11) is 1.49. The van der Waals surface area contributed by atoms with Gasteiger partial charge in [0.15, 0.2) is 0 Å². The molecule has 0 fully saturated rings. The number of hydrogen-bond donors (Lipinski definition) is 3. The SMILES string of the molecule is CCC(C)(CC)c1c(N)cc(N(F)NC)cc1N. The van der Waals surface area contributed by atoms with Crippen LogP contribution in [-0.2, 0) is 5.41 Å². The largest absolute Gasteiger partial charge is 0.398 e. The maximum absolute atomic E-state index is 13.4. The monoisotopic (exact) mass is 254 g/mol. The molecular formula is C13H23FN4. The third-order valence-corrected chi connectivity index (χ3v) is 3.77. The molecule has 0 atom stereocenters. The minimum Gasteiger partial charge on any atom is -0.398 e. The van der Waals surface area contributed by atoms with Crippen molar-refractivity contribution >= 4 is 17.1 Å². The summed E-state index contributed by atoms with van der Waals surface area (Å²) in [4.78, 5) is 0. The molecule has 0 amide bonds. The number of anilines is 3. The highest BCUT2D eigenvalue weighted by Gasteiger charge is 2.27. The zero-order valence-corrected chi connectivity index (χ0v) is 11.5. The average Bonchev–Trinajstić information content (AvgIpc) is 2.36. The zero-order valence-electron chi connectivity index (χ0n) is 11.5. The highest BCUT2D eigenvalue weighted by atomic mass is 19.2. The molecule has 1 aromatic carbocycles. The molecule has 0 aliphatic heterocycles. The fourth-order valence-corrected chi connectivity index (χ4v) is 2.21. The van der Waals surface area contributed by atoms with Gasteiger partial charge in [-0.1, -0.05) is 25.3 Å². The zero-order chi connectivity index (χ0) is 13.9. The summed E-state index contributed by atoms with van der Waals surface area (Å²) in [5.74, 6) is 0. The molecule has 0 saturated heterocycles. The molecular weight excluding hydrogens is 231 g/mol. The van der Waals surface area contributed by atoms with Crippen LogP contribution in [0.4, 0.5) is 21.5 Å². The smallest absolute Gasteiger partial charge is 0.0916 e. The summed E-state index contributed by atoms with van der Waals surface area (Å²) < 4.78 is 13.4. The van der Waals surface area contributed by atoms with E-state index < -0.39 is 0 Å². The first-order valence-electron chi connectivity index (χ1n) is 6.22. The first-order valence-corrected chi connectivity index (χ1v) is 6.22. The average molecular weight is 254 g/mol. The van der Waals surface area contributed by atoms with Gasteiger partial charge in [-0.15, -0.1) is 5.23 Å². The van der Waals surface area contributed by atoms with Gasteiger partial charge in [0.1, 0.15) is 0 Å². The van der Waals surface area contributed by atoms with Gasteiger partial charge in [0.05, 0.1) is 5.69 Å². The molecule has 0 bridgehead atoms. The standard InChI is InChI=1S/C13H23FN4/c1-5-13(3,6-2)12-10(15)7-9(8-11(12)16)18(14)17-4/h7-8,17H,5-6,15-16H2,1-4H3. The molecule has 0 unspecified atom stereocenters. The van der Waals surface area contributed by atoms with E-state index in [0.717, 1.165) is 18.4 Å². The summed E-state index contributed by atoms with van der Waals surface area (Å²) in [5, 5.41) is 0.395. The predicted octanol–water partition coefficient (Wildman–Crippen LogP) is 2.75. The molecule has 0 aliphatic carbocycles. The number of hydrogen-bond acceptors (Lipinski definition) is 4. The first kappa shape index (κ1) is 14.6. The minimum atomic E-state index is -0.0759. The van der Waals surface area contributed by atoms with Crippen LogP contribution in [0.3, 0.4) is 0 Å². The number of halogens is 1. The van der Waals surface area contributed by atoms with Crippen LogP contribution in [-0.4, -0.2) is 7.05 Å².